The number of anilines is 3. The number of carbonyl (C=O) groups is 1. The highest BCUT2D eigenvalue weighted by Gasteiger charge is 2.36. The van der Waals surface area contributed by atoms with Crippen LogP contribution in [0.15, 0.2) is 84.1 Å². The fourth-order valence-electron chi connectivity index (χ4n) is 5.03. The summed E-state index contributed by atoms with van der Waals surface area (Å²) in [7, 11) is 4.08. The molecular weight excluding hydrogens is 434 g/mol. The molecule has 5 nitrogen and oxygen atoms in total. The van der Waals surface area contributed by atoms with E-state index in [1.807, 2.05) is 52.2 Å². The van der Waals surface area contributed by atoms with Crippen LogP contribution in [0.25, 0.3) is 0 Å². The molecule has 5 heteroatoms. The molecule has 5 rings (SSSR count). The Morgan fingerprint density at radius 3 is 2.17 bits per heavy atom. The topological polar surface area (TPSA) is 53.6 Å². The molecule has 0 spiro atoms. The molecule has 3 aromatic carbocycles. The molecule has 180 valence electrons. The molecule has 2 atom stereocenters. The number of hydrogen-bond donors (Lipinski definition) is 2. The fourth-order valence-corrected chi connectivity index (χ4v) is 5.03. The molecule has 2 N–H and O–H groups in total. The van der Waals surface area contributed by atoms with Crippen molar-refractivity contribution in [1.82, 2.24) is 0 Å². The van der Waals surface area contributed by atoms with Gasteiger partial charge < -0.3 is 20.3 Å². The van der Waals surface area contributed by atoms with E-state index >= 15 is 0 Å². The maximum atomic E-state index is 13.7. The van der Waals surface area contributed by atoms with Crippen LogP contribution in [-0.4, -0.2) is 26.0 Å². The standard InChI is InChI=1S/C30H33N3O2/c1-19(2)35-24-15-11-21(12-16-24)30-29-27(31-25-7-5-6-8-26(25)32-30)17-22(18-28(29)34)20-9-13-23(14-10-20)33(3)4/h5-16,19,22,30-32H,17-18H2,1-4H3. The van der Waals surface area contributed by atoms with Gasteiger partial charge in [0.25, 0.3) is 0 Å². The first-order valence-electron chi connectivity index (χ1n) is 12.3. The van der Waals surface area contributed by atoms with Gasteiger partial charge in [-0.1, -0.05) is 36.4 Å². The Hall–Kier alpha value is -3.73. The Bertz CT molecular complexity index is 1240. The minimum absolute atomic E-state index is 0.117. The number of allylic oxidation sites excluding steroid dienone is 1. The lowest BCUT2D eigenvalue weighted by Crippen LogP contribution is -2.26. The molecular formula is C30H33N3O2. The lowest BCUT2D eigenvalue weighted by molar-refractivity contribution is -0.116. The average molecular weight is 468 g/mol. The molecule has 0 saturated carbocycles. The van der Waals surface area contributed by atoms with E-state index in [9.17, 15) is 4.79 Å². The SMILES string of the molecule is CC(C)Oc1ccc(C2Nc3ccccc3NC3=C2C(=O)CC(c2ccc(N(C)C)cc2)C3)cc1. The van der Waals surface area contributed by atoms with Crippen LogP contribution in [0.4, 0.5) is 17.1 Å². The molecule has 2 unspecified atom stereocenters. The summed E-state index contributed by atoms with van der Waals surface area (Å²) in [5, 5.41) is 7.27. The lowest BCUT2D eigenvalue weighted by Gasteiger charge is -2.30. The van der Waals surface area contributed by atoms with Crippen molar-refractivity contribution in [1.29, 1.82) is 0 Å². The second-order valence-corrected chi connectivity index (χ2v) is 9.89. The number of para-hydroxylation sites is 2. The van der Waals surface area contributed by atoms with Crippen LogP contribution in [0.1, 0.15) is 49.8 Å². The summed E-state index contributed by atoms with van der Waals surface area (Å²) < 4.78 is 5.84. The van der Waals surface area contributed by atoms with Crippen molar-refractivity contribution in [2.45, 2.75) is 44.8 Å². The average Bonchev–Trinajstić information content (AvgIpc) is 3.01. The number of fused-ring (bicyclic) bond motifs is 1. The molecule has 0 amide bonds. The zero-order chi connectivity index (χ0) is 24.5. The van der Waals surface area contributed by atoms with E-state index in [2.05, 4.69) is 64.1 Å². The minimum atomic E-state index is -0.223. The van der Waals surface area contributed by atoms with Gasteiger partial charge in [-0.05, 0) is 73.7 Å². The van der Waals surface area contributed by atoms with Gasteiger partial charge >= 0.3 is 0 Å². The highest BCUT2D eigenvalue weighted by atomic mass is 16.5. The number of nitrogens with zero attached hydrogens (tertiary/aromatic N) is 1. The second kappa shape index (κ2) is 9.49. The third kappa shape index (κ3) is 4.76. The molecule has 1 aliphatic heterocycles. The first-order chi connectivity index (χ1) is 16.9. The van der Waals surface area contributed by atoms with Crippen LogP contribution >= 0.6 is 0 Å². The van der Waals surface area contributed by atoms with Crippen molar-refractivity contribution in [2.75, 3.05) is 29.6 Å². The molecule has 0 bridgehead atoms. The summed E-state index contributed by atoms with van der Waals surface area (Å²) in [6.07, 6.45) is 1.42. The zero-order valence-electron chi connectivity index (χ0n) is 20.8. The van der Waals surface area contributed by atoms with Crippen LogP contribution in [0.5, 0.6) is 5.75 Å². The fraction of sp³-hybridized carbons (Fsp3) is 0.300. The Labute approximate surface area is 207 Å². The quantitative estimate of drug-likeness (QED) is 0.447. The van der Waals surface area contributed by atoms with Gasteiger partial charge in [0.2, 0.25) is 0 Å². The van der Waals surface area contributed by atoms with Crippen molar-refractivity contribution >= 4 is 22.8 Å². The van der Waals surface area contributed by atoms with Gasteiger partial charge in [-0.15, -0.1) is 0 Å². The van der Waals surface area contributed by atoms with Crippen molar-refractivity contribution in [2.24, 2.45) is 0 Å². The number of carbonyl (C=O) groups excluding carboxylic acids is 1. The Balaban J connectivity index is 1.52. The normalized spacial score (nSPS) is 19.3. The van der Waals surface area contributed by atoms with Crippen LogP contribution in [0.2, 0.25) is 0 Å². The highest BCUT2D eigenvalue weighted by Crippen LogP contribution is 2.44. The predicted octanol–water partition coefficient (Wildman–Crippen LogP) is 6.52. The predicted molar refractivity (Wildman–Crippen MR) is 143 cm³/mol. The summed E-state index contributed by atoms with van der Waals surface area (Å²) in [5.74, 6) is 1.17. The summed E-state index contributed by atoms with van der Waals surface area (Å²) in [5.41, 5.74) is 7.25. The largest absolute Gasteiger partial charge is 0.491 e. The van der Waals surface area contributed by atoms with Crippen LogP contribution in [0.3, 0.4) is 0 Å². The van der Waals surface area contributed by atoms with Gasteiger partial charge in [-0.2, -0.15) is 0 Å². The molecule has 0 radical (unpaired) electrons. The van der Waals surface area contributed by atoms with E-state index in [0.717, 1.165) is 46.1 Å². The number of ketones is 1. The summed E-state index contributed by atoms with van der Waals surface area (Å²) in [6, 6.07) is 24.6. The highest BCUT2D eigenvalue weighted by molar-refractivity contribution is 6.01. The number of nitrogens with one attached hydrogen (secondary N) is 2. The molecule has 0 saturated heterocycles. The second-order valence-electron chi connectivity index (χ2n) is 9.89. The first kappa shape index (κ1) is 23.0. The van der Waals surface area contributed by atoms with Gasteiger partial charge in [0, 0.05) is 37.5 Å². The monoisotopic (exact) mass is 467 g/mol. The first-order valence-corrected chi connectivity index (χ1v) is 12.3. The molecule has 1 aliphatic carbocycles. The van der Waals surface area contributed by atoms with E-state index in [1.165, 1.54) is 5.56 Å². The summed E-state index contributed by atoms with van der Waals surface area (Å²) in [4.78, 5) is 15.8. The molecule has 0 fully saturated rings. The Morgan fingerprint density at radius 1 is 0.857 bits per heavy atom. The van der Waals surface area contributed by atoms with Gasteiger partial charge in [0.15, 0.2) is 5.78 Å². The molecule has 2 aliphatic rings. The Kier molecular flexibility index (Phi) is 6.25. The number of hydrogen-bond acceptors (Lipinski definition) is 5. The van der Waals surface area contributed by atoms with Crippen LogP contribution in [0, 0.1) is 0 Å². The maximum Gasteiger partial charge on any atom is 0.163 e. The van der Waals surface area contributed by atoms with Gasteiger partial charge in [-0.3, -0.25) is 4.79 Å². The van der Waals surface area contributed by atoms with Crippen molar-refractivity contribution in [3.8, 4) is 5.75 Å². The van der Waals surface area contributed by atoms with Gasteiger partial charge in [0.05, 0.1) is 23.5 Å². The number of benzene rings is 3. The third-order valence-corrected chi connectivity index (χ3v) is 6.78. The Morgan fingerprint density at radius 2 is 1.51 bits per heavy atom. The van der Waals surface area contributed by atoms with Gasteiger partial charge in [-0.25, -0.2) is 0 Å². The summed E-state index contributed by atoms with van der Waals surface area (Å²) >= 11 is 0. The lowest BCUT2D eigenvalue weighted by atomic mass is 9.78. The molecule has 0 aromatic heterocycles. The third-order valence-electron chi connectivity index (χ3n) is 6.78. The summed E-state index contributed by atoms with van der Waals surface area (Å²) in [6.45, 7) is 4.04. The van der Waals surface area contributed by atoms with Crippen molar-refractivity contribution in [3.63, 3.8) is 0 Å². The maximum absolute atomic E-state index is 13.7. The number of ether oxygens (including phenoxy) is 1. The van der Waals surface area contributed by atoms with E-state index in [0.29, 0.717) is 6.42 Å². The van der Waals surface area contributed by atoms with E-state index < -0.39 is 0 Å². The minimum Gasteiger partial charge on any atom is -0.491 e. The van der Waals surface area contributed by atoms with Crippen LogP contribution < -0.4 is 20.3 Å². The van der Waals surface area contributed by atoms with Crippen molar-refractivity contribution in [3.05, 3.63) is 95.2 Å². The van der Waals surface area contributed by atoms with Crippen molar-refractivity contribution < 1.29 is 9.53 Å². The number of rotatable bonds is 5. The van der Waals surface area contributed by atoms with E-state index in [1.54, 1.807) is 0 Å². The number of Topliss-reactive ketones (excluding diaryl/α,β-unsaturated/α-hetero) is 1. The molecule has 35 heavy (non-hydrogen) atoms. The van der Waals surface area contributed by atoms with E-state index in [-0.39, 0.29) is 23.8 Å². The van der Waals surface area contributed by atoms with Crippen LogP contribution in [-0.2, 0) is 4.79 Å². The van der Waals surface area contributed by atoms with Gasteiger partial charge in [0.1, 0.15) is 5.75 Å². The smallest absolute Gasteiger partial charge is 0.163 e. The zero-order valence-corrected chi connectivity index (χ0v) is 20.8. The molecule has 1 heterocycles. The molecule has 3 aromatic rings. The van der Waals surface area contributed by atoms with E-state index in [4.69, 9.17) is 4.74 Å².